The third-order valence-corrected chi connectivity index (χ3v) is 6.56. The Labute approximate surface area is 130 Å². The topological polar surface area (TPSA) is 63.2 Å². The second-order valence-electron chi connectivity index (χ2n) is 5.24. The molecule has 2 rings (SSSR count). The van der Waals surface area contributed by atoms with Crippen LogP contribution in [0.15, 0.2) is 23.1 Å². The van der Waals surface area contributed by atoms with Crippen LogP contribution in [0, 0.1) is 0 Å². The van der Waals surface area contributed by atoms with Crippen molar-refractivity contribution in [2.75, 3.05) is 0 Å². The SMILES string of the molecule is CCC(C)N(C(C)CC)S(=O)(=O)c1cccc2nsnc12. The van der Waals surface area contributed by atoms with Crippen LogP contribution in [0.2, 0.25) is 0 Å². The van der Waals surface area contributed by atoms with Crippen molar-refractivity contribution < 1.29 is 8.42 Å². The number of rotatable bonds is 6. The Morgan fingerprint density at radius 2 is 1.76 bits per heavy atom. The standard InChI is InChI=1S/C14H21N3O2S2/c1-5-10(3)17(11(4)6-2)21(18,19)13-9-7-8-12-14(13)16-20-15-12/h7-11H,5-6H2,1-4H3. The summed E-state index contributed by atoms with van der Waals surface area (Å²) < 4.78 is 36.1. The van der Waals surface area contributed by atoms with E-state index in [1.807, 2.05) is 27.7 Å². The van der Waals surface area contributed by atoms with Gasteiger partial charge in [0.2, 0.25) is 10.0 Å². The van der Waals surface area contributed by atoms with E-state index in [0.717, 1.165) is 24.6 Å². The van der Waals surface area contributed by atoms with Crippen LogP contribution >= 0.6 is 11.7 Å². The van der Waals surface area contributed by atoms with E-state index in [9.17, 15) is 8.42 Å². The normalized spacial score (nSPS) is 15.5. The van der Waals surface area contributed by atoms with Crippen molar-refractivity contribution >= 4 is 32.8 Å². The van der Waals surface area contributed by atoms with Gasteiger partial charge in [0.25, 0.3) is 0 Å². The van der Waals surface area contributed by atoms with Gasteiger partial charge in [0.15, 0.2) is 0 Å². The molecule has 0 saturated heterocycles. The molecule has 0 aliphatic rings. The molecular formula is C14H21N3O2S2. The summed E-state index contributed by atoms with van der Waals surface area (Å²) >= 11 is 1.04. The molecule has 2 unspecified atom stereocenters. The molecule has 0 amide bonds. The van der Waals surface area contributed by atoms with Gasteiger partial charge >= 0.3 is 0 Å². The van der Waals surface area contributed by atoms with Crippen molar-refractivity contribution in [2.45, 2.75) is 57.5 Å². The molecule has 1 aromatic carbocycles. The number of benzene rings is 1. The van der Waals surface area contributed by atoms with E-state index >= 15 is 0 Å². The van der Waals surface area contributed by atoms with Crippen LogP contribution in [0.25, 0.3) is 11.0 Å². The van der Waals surface area contributed by atoms with E-state index in [2.05, 4.69) is 8.75 Å². The van der Waals surface area contributed by atoms with E-state index in [-0.39, 0.29) is 17.0 Å². The molecule has 0 radical (unpaired) electrons. The van der Waals surface area contributed by atoms with Crippen LogP contribution in [0.4, 0.5) is 0 Å². The van der Waals surface area contributed by atoms with Gasteiger partial charge < -0.3 is 0 Å². The molecule has 1 aromatic heterocycles. The third kappa shape index (κ3) is 2.95. The number of aromatic nitrogens is 2. The molecule has 0 fully saturated rings. The fraction of sp³-hybridized carbons (Fsp3) is 0.571. The summed E-state index contributed by atoms with van der Waals surface area (Å²) in [5.41, 5.74) is 1.11. The minimum absolute atomic E-state index is 0.0493. The fourth-order valence-electron chi connectivity index (χ4n) is 2.37. The lowest BCUT2D eigenvalue weighted by Gasteiger charge is -2.32. The van der Waals surface area contributed by atoms with E-state index in [4.69, 9.17) is 0 Å². The average Bonchev–Trinajstić information content (AvgIpc) is 2.94. The van der Waals surface area contributed by atoms with Gasteiger partial charge in [0.1, 0.15) is 15.9 Å². The lowest BCUT2D eigenvalue weighted by Crippen LogP contribution is -2.44. The molecule has 5 nitrogen and oxygen atoms in total. The highest BCUT2D eigenvalue weighted by Crippen LogP contribution is 2.28. The molecule has 0 saturated carbocycles. The fourth-order valence-corrected chi connectivity index (χ4v) is 5.10. The van der Waals surface area contributed by atoms with Gasteiger partial charge in [0, 0.05) is 12.1 Å². The predicted octanol–water partition coefficient (Wildman–Crippen LogP) is 3.28. The summed E-state index contributed by atoms with van der Waals surface area (Å²) in [7, 11) is -3.58. The lowest BCUT2D eigenvalue weighted by atomic mass is 10.2. The monoisotopic (exact) mass is 327 g/mol. The van der Waals surface area contributed by atoms with Gasteiger partial charge in [-0.2, -0.15) is 13.1 Å². The van der Waals surface area contributed by atoms with Gasteiger partial charge in [-0.25, -0.2) is 8.42 Å². The number of nitrogens with zero attached hydrogens (tertiary/aromatic N) is 3. The largest absolute Gasteiger partial charge is 0.245 e. The van der Waals surface area contributed by atoms with Crippen LogP contribution in [0.3, 0.4) is 0 Å². The highest BCUT2D eigenvalue weighted by molar-refractivity contribution is 7.89. The Morgan fingerprint density at radius 3 is 2.33 bits per heavy atom. The van der Waals surface area contributed by atoms with Crippen LogP contribution in [0.5, 0.6) is 0 Å². The van der Waals surface area contributed by atoms with Crippen molar-refractivity contribution in [1.82, 2.24) is 13.1 Å². The maximum atomic E-state index is 13.1. The van der Waals surface area contributed by atoms with E-state index in [1.54, 1.807) is 22.5 Å². The number of fused-ring (bicyclic) bond motifs is 1. The number of hydrogen-bond donors (Lipinski definition) is 0. The molecule has 7 heteroatoms. The zero-order valence-corrected chi connectivity index (χ0v) is 14.4. The van der Waals surface area contributed by atoms with Crippen molar-refractivity contribution in [3.63, 3.8) is 0 Å². The van der Waals surface area contributed by atoms with Crippen LogP contribution in [-0.2, 0) is 10.0 Å². The first kappa shape index (κ1) is 16.3. The Bertz CT molecular complexity index is 702. The van der Waals surface area contributed by atoms with E-state index in [0.29, 0.717) is 11.0 Å². The Morgan fingerprint density at radius 1 is 1.14 bits per heavy atom. The lowest BCUT2D eigenvalue weighted by molar-refractivity contribution is 0.263. The molecule has 116 valence electrons. The first-order valence-corrected chi connectivity index (χ1v) is 9.35. The Balaban J connectivity index is 2.60. The van der Waals surface area contributed by atoms with E-state index in [1.165, 1.54) is 0 Å². The molecule has 21 heavy (non-hydrogen) atoms. The van der Waals surface area contributed by atoms with Crippen molar-refractivity contribution in [2.24, 2.45) is 0 Å². The highest BCUT2D eigenvalue weighted by Gasteiger charge is 2.33. The zero-order chi connectivity index (χ0) is 15.6. The third-order valence-electron chi connectivity index (χ3n) is 3.85. The maximum Gasteiger partial charge on any atom is 0.245 e. The maximum absolute atomic E-state index is 13.1. The summed E-state index contributed by atoms with van der Waals surface area (Å²) in [5.74, 6) is 0. The summed E-state index contributed by atoms with van der Waals surface area (Å²) in [6.07, 6.45) is 1.55. The summed E-state index contributed by atoms with van der Waals surface area (Å²) in [5, 5.41) is 0. The van der Waals surface area contributed by atoms with Crippen LogP contribution < -0.4 is 0 Å². The van der Waals surface area contributed by atoms with Crippen LogP contribution in [0.1, 0.15) is 40.5 Å². The van der Waals surface area contributed by atoms with E-state index < -0.39 is 10.0 Å². The Hall–Kier alpha value is -1.05. The zero-order valence-electron chi connectivity index (χ0n) is 12.8. The molecule has 0 aliphatic carbocycles. The summed E-state index contributed by atoms with van der Waals surface area (Å²) in [6.45, 7) is 7.90. The quantitative estimate of drug-likeness (QED) is 0.817. The minimum atomic E-state index is -3.58. The van der Waals surface area contributed by atoms with Gasteiger partial charge in [-0.05, 0) is 38.8 Å². The number of sulfonamides is 1. The Kier molecular flexibility index (Phi) is 4.95. The van der Waals surface area contributed by atoms with Gasteiger partial charge in [-0.1, -0.05) is 19.9 Å². The van der Waals surface area contributed by atoms with Crippen LogP contribution in [-0.4, -0.2) is 33.6 Å². The molecule has 2 aromatic rings. The molecule has 1 heterocycles. The van der Waals surface area contributed by atoms with Gasteiger partial charge in [-0.15, -0.1) is 0 Å². The second-order valence-corrected chi connectivity index (χ2v) is 7.58. The summed E-state index contributed by atoms with van der Waals surface area (Å²) in [6, 6.07) is 5.03. The molecule has 0 N–H and O–H groups in total. The molecule has 0 spiro atoms. The molecule has 2 atom stereocenters. The van der Waals surface area contributed by atoms with Crippen molar-refractivity contribution in [1.29, 1.82) is 0 Å². The molecular weight excluding hydrogens is 306 g/mol. The van der Waals surface area contributed by atoms with Crippen molar-refractivity contribution in [3.8, 4) is 0 Å². The second kappa shape index (κ2) is 6.37. The highest BCUT2D eigenvalue weighted by atomic mass is 32.2. The smallest absolute Gasteiger partial charge is 0.207 e. The number of hydrogen-bond acceptors (Lipinski definition) is 5. The molecule has 0 bridgehead atoms. The first-order valence-electron chi connectivity index (χ1n) is 7.18. The van der Waals surface area contributed by atoms with Gasteiger partial charge in [0.05, 0.1) is 11.7 Å². The first-order chi connectivity index (χ1) is 9.93. The molecule has 0 aliphatic heterocycles. The predicted molar refractivity (Wildman–Crippen MR) is 85.9 cm³/mol. The minimum Gasteiger partial charge on any atom is -0.207 e. The van der Waals surface area contributed by atoms with Gasteiger partial charge in [-0.3, -0.25) is 0 Å². The van der Waals surface area contributed by atoms with Crippen molar-refractivity contribution in [3.05, 3.63) is 18.2 Å². The average molecular weight is 327 g/mol. The summed E-state index contributed by atoms with van der Waals surface area (Å²) in [4.78, 5) is 0.259.